The number of halogens is 1. The van der Waals surface area contributed by atoms with Crippen LogP contribution in [0.3, 0.4) is 0 Å². The molecule has 178 valence electrons. The normalized spacial score (nSPS) is 21.3. The van der Waals surface area contributed by atoms with Crippen molar-refractivity contribution in [3.05, 3.63) is 88.4 Å². The number of hydrazine groups is 1. The predicted octanol–water partition coefficient (Wildman–Crippen LogP) is 3.73. The summed E-state index contributed by atoms with van der Waals surface area (Å²) in [6, 6.07) is 19.3. The lowest BCUT2D eigenvalue weighted by atomic mass is 9.90. The molecule has 0 aliphatic carbocycles. The molecule has 1 N–H and O–H groups in total. The number of rotatable bonds is 5. The van der Waals surface area contributed by atoms with Crippen LogP contribution in [-0.4, -0.2) is 43.0 Å². The van der Waals surface area contributed by atoms with Crippen LogP contribution in [0.25, 0.3) is 0 Å². The van der Waals surface area contributed by atoms with Gasteiger partial charge in [-0.3, -0.25) is 19.4 Å². The van der Waals surface area contributed by atoms with Crippen LogP contribution < -0.4 is 19.8 Å². The number of amides is 3. The highest BCUT2D eigenvalue weighted by Gasteiger charge is 2.60. The van der Waals surface area contributed by atoms with Crippen molar-refractivity contribution < 1.29 is 23.9 Å². The number of imide groups is 1. The zero-order valence-electron chi connectivity index (χ0n) is 19.0. The fourth-order valence-electron chi connectivity index (χ4n) is 4.70. The number of benzene rings is 3. The van der Waals surface area contributed by atoms with Crippen LogP contribution in [0.15, 0.2) is 77.3 Å². The summed E-state index contributed by atoms with van der Waals surface area (Å²) >= 11 is 3.39. The molecule has 2 aliphatic rings. The van der Waals surface area contributed by atoms with Crippen LogP contribution in [0.5, 0.6) is 11.5 Å². The van der Waals surface area contributed by atoms with Crippen molar-refractivity contribution in [2.24, 2.45) is 5.92 Å². The molecule has 0 aromatic heterocycles. The molecule has 0 unspecified atom stereocenters. The average Bonchev–Trinajstić information content (AvgIpc) is 3.40. The number of nitrogens with zero attached hydrogens (tertiary/aromatic N) is 2. The van der Waals surface area contributed by atoms with E-state index in [1.165, 1.54) is 12.1 Å². The molecule has 0 spiro atoms. The molecule has 3 amide bonds. The third-order valence-corrected chi connectivity index (χ3v) is 6.80. The molecular weight excluding hydrogens is 514 g/mol. The second kappa shape index (κ2) is 9.16. The standard InChI is InChI=1S/C26H22BrN3O5/c1-34-18-10-6-7-15(14-18)22-21-23(30(28-22)24(31)16-8-5-9-17(27)13-16)26(33)29(25(21)32)19-11-3-4-12-20(19)35-2/h3-14,21-23,28H,1-2H3/t21-,22-,23+/m0/s1. The third kappa shape index (κ3) is 3.86. The van der Waals surface area contributed by atoms with E-state index in [1.807, 2.05) is 18.2 Å². The molecule has 0 radical (unpaired) electrons. The van der Waals surface area contributed by atoms with E-state index in [1.54, 1.807) is 61.7 Å². The van der Waals surface area contributed by atoms with Gasteiger partial charge in [-0.25, -0.2) is 10.3 Å². The lowest BCUT2D eigenvalue weighted by molar-refractivity contribution is -0.123. The van der Waals surface area contributed by atoms with Crippen molar-refractivity contribution in [3.63, 3.8) is 0 Å². The Balaban J connectivity index is 1.61. The number of anilines is 1. The Labute approximate surface area is 210 Å². The second-order valence-corrected chi connectivity index (χ2v) is 9.14. The molecule has 3 atom stereocenters. The lowest BCUT2D eigenvalue weighted by Gasteiger charge is -2.26. The smallest absolute Gasteiger partial charge is 0.268 e. The number of hydrogen-bond acceptors (Lipinski definition) is 6. The molecule has 0 saturated carbocycles. The molecule has 35 heavy (non-hydrogen) atoms. The van der Waals surface area contributed by atoms with E-state index in [9.17, 15) is 14.4 Å². The van der Waals surface area contributed by atoms with E-state index in [0.29, 0.717) is 22.7 Å². The molecule has 3 aromatic carbocycles. The van der Waals surface area contributed by atoms with E-state index < -0.39 is 35.7 Å². The monoisotopic (exact) mass is 535 g/mol. The number of carbonyl (C=O) groups is 3. The van der Waals surface area contributed by atoms with Crippen LogP contribution in [0.1, 0.15) is 22.0 Å². The van der Waals surface area contributed by atoms with Gasteiger partial charge < -0.3 is 9.47 Å². The van der Waals surface area contributed by atoms with E-state index in [0.717, 1.165) is 14.9 Å². The van der Waals surface area contributed by atoms with Crippen LogP contribution in [0.4, 0.5) is 5.69 Å². The Bertz CT molecular complexity index is 1330. The molecule has 5 rings (SSSR count). The summed E-state index contributed by atoms with van der Waals surface area (Å²) in [5.41, 5.74) is 4.61. The Morgan fingerprint density at radius 1 is 0.914 bits per heavy atom. The number of hydrogen-bond donors (Lipinski definition) is 1. The Hall–Kier alpha value is -3.69. The van der Waals surface area contributed by atoms with Gasteiger partial charge in [0.2, 0.25) is 5.91 Å². The van der Waals surface area contributed by atoms with Crippen molar-refractivity contribution >= 4 is 39.3 Å². The quantitative estimate of drug-likeness (QED) is 0.501. The number of carbonyl (C=O) groups excluding carboxylic acids is 3. The first-order chi connectivity index (χ1) is 16.9. The first-order valence-corrected chi connectivity index (χ1v) is 11.7. The largest absolute Gasteiger partial charge is 0.497 e. The summed E-state index contributed by atoms with van der Waals surface area (Å²) in [5.74, 6) is -1.15. The number of para-hydroxylation sites is 2. The van der Waals surface area contributed by atoms with E-state index >= 15 is 0 Å². The molecule has 9 heteroatoms. The van der Waals surface area contributed by atoms with Crippen molar-refractivity contribution in [2.45, 2.75) is 12.1 Å². The van der Waals surface area contributed by atoms with Crippen molar-refractivity contribution in [1.82, 2.24) is 10.4 Å². The first-order valence-electron chi connectivity index (χ1n) is 10.9. The minimum atomic E-state index is -1.03. The fraction of sp³-hybridized carbons (Fsp3) is 0.192. The topological polar surface area (TPSA) is 88.2 Å². The van der Waals surface area contributed by atoms with Crippen molar-refractivity contribution in [2.75, 3.05) is 19.1 Å². The Kier molecular flexibility index (Phi) is 6.04. The molecule has 3 aromatic rings. The Morgan fingerprint density at radius 3 is 2.43 bits per heavy atom. The molecule has 2 heterocycles. The minimum absolute atomic E-state index is 0.346. The summed E-state index contributed by atoms with van der Waals surface area (Å²) in [4.78, 5) is 42.3. The van der Waals surface area contributed by atoms with Gasteiger partial charge in [0.15, 0.2) is 0 Å². The summed E-state index contributed by atoms with van der Waals surface area (Å²) in [6.45, 7) is 0. The number of fused-ring (bicyclic) bond motifs is 1. The molecule has 0 bridgehead atoms. The van der Waals surface area contributed by atoms with Gasteiger partial charge in [0.25, 0.3) is 11.8 Å². The molecular formula is C26H22BrN3O5. The van der Waals surface area contributed by atoms with Gasteiger partial charge in [0.1, 0.15) is 17.5 Å². The van der Waals surface area contributed by atoms with Gasteiger partial charge in [-0.2, -0.15) is 0 Å². The fourth-order valence-corrected chi connectivity index (χ4v) is 5.10. The summed E-state index contributed by atoms with van der Waals surface area (Å²) < 4.78 is 11.5. The van der Waals surface area contributed by atoms with Crippen molar-refractivity contribution in [3.8, 4) is 11.5 Å². The minimum Gasteiger partial charge on any atom is -0.497 e. The molecule has 2 fully saturated rings. The summed E-state index contributed by atoms with van der Waals surface area (Å²) in [5, 5.41) is 1.28. The maximum atomic E-state index is 13.8. The van der Waals surface area contributed by atoms with Gasteiger partial charge in [0, 0.05) is 10.0 Å². The van der Waals surface area contributed by atoms with Gasteiger partial charge >= 0.3 is 0 Å². The zero-order valence-corrected chi connectivity index (χ0v) is 20.6. The highest BCUT2D eigenvalue weighted by molar-refractivity contribution is 9.10. The number of nitrogens with one attached hydrogen (secondary N) is 1. The zero-order chi connectivity index (χ0) is 24.7. The van der Waals surface area contributed by atoms with Gasteiger partial charge in [-0.05, 0) is 48.0 Å². The average molecular weight is 536 g/mol. The predicted molar refractivity (Wildman–Crippen MR) is 132 cm³/mol. The Morgan fingerprint density at radius 2 is 1.69 bits per heavy atom. The van der Waals surface area contributed by atoms with Gasteiger partial charge in [0.05, 0.1) is 31.9 Å². The van der Waals surface area contributed by atoms with Gasteiger partial charge in [-0.15, -0.1) is 0 Å². The lowest BCUT2D eigenvalue weighted by Crippen LogP contribution is -2.48. The van der Waals surface area contributed by atoms with E-state index in [4.69, 9.17) is 9.47 Å². The van der Waals surface area contributed by atoms with E-state index in [2.05, 4.69) is 21.4 Å². The third-order valence-electron chi connectivity index (χ3n) is 6.30. The second-order valence-electron chi connectivity index (χ2n) is 8.22. The molecule has 2 saturated heterocycles. The maximum Gasteiger partial charge on any atom is 0.268 e. The van der Waals surface area contributed by atoms with E-state index in [-0.39, 0.29) is 0 Å². The van der Waals surface area contributed by atoms with Crippen molar-refractivity contribution in [1.29, 1.82) is 0 Å². The molecule has 2 aliphatic heterocycles. The number of ether oxygens (including phenoxy) is 2. The van der Waals surface area contributed by atoms with Crippen LogP contribution in [0, 0.1) is 5.92 Å². The summed E-state index contributed by atoms with van der Waals surface area (Å²) in [7, 11) is 3.04. The summed E-state index contributed by atoms with van der Waals surface area (Å²) in [6.07, 6.45) is 0. The van der Waals surface area contributed by atoms with Gasteiger partial charge in [-0.1, -0.05) is 46.3 Å². The highest BCUT2D eigenvalue weighted by atomic mass is 79.9. The first kappa shape index (κ1) is 23.1. The number of methoxy groups -OCH3 is 2. The van der Waals surface area contributed by atoms with Crippen LogP contribution in [-0.2, 0) is 9.59 Å². The highest BCUT2D eigenvalue weighted by Crippen LogP contribution is 2.44. The maximum absolute atomic E-state index is 13.8. The van der Waals surface area contributed by atoms with Crippen LogP contribution >= 0.6 is 15.9 Å². The van der Waals surface area contributed by atoms with Crippen LogP contribution in [0.2, 0.25) is 0 Å². The molecule has 8 nitrogen and oxygen atoms in total. The SMILES string of the molecule is COc1cccc([C@@H]2NN(C(=O)c3cccc(Br)c3)[C@H]3C(=O)N(c4ccccc4OC)C(=O)[C@@H]23)c1.